The van der Waals surface area contributed by atoms with Gasteiger partial charge >= 0.3 is 0 Å². The van der Waals surface area contributed by atoms with Gasteiger partial charge in [-0.1, -0.05) is 12.1 Å². The highest BCUT2D eigenvalue weighted by Crippen LogP contribution is 2.25. The molecule has 0 saturated heterocycles. The van der Waals surface area contributed by atoms with E-state index in [1.165, 1.54) is 12.1 Å². The zero-order chi connectivity index (χ0) is 17.4. The molecule has 0 amide bonds. The number of nitrogens with zero attached hydrogens (tertiary/aromatic N) is 1. The van der Waals surface area contributed by atoms with Gasteiger partial charge in [0.1, 0.15) is 24.1 Å². The van der Waals surface area contributed by atoms with E-state index in [4.69, 9.17) is 4.42 Å². The van der Waals surface area contributed by atoms with Gasteiger partial charge in [0.2, 0.25) is 0 Å². The molecule has 1 aliphatic heterocycles. The number of furan rings is 1. The molecule has 2 atom stereocenters. The fourth-order valence-corrected chi connectivity index (χ4v) is 3.60. The summed E-state index contributed by atoms with van der Waals surface area (Å²) in [6, 6.07) is 13.6. The Morgan fingerprint density at radius 2 is 2.08 bits per heavy atom. The standard InChI is InChI=1S/C19H17FN2O3/c20-15-5-2-1-4-14(15)18-16-6-3-9-21(16)10-11-22(18)12-13-7-8-17(25-13)19(23)24/h1-9,18H,10-12H2,(H,23,24)/t18-/m1/s1. The number of quaternary nitrogens is 1. The first-order chi connectivity index (χ1) is 12.1. The van der Waals surface area contributed by atoms with Crippen LogP contribution in [-0.4, -0.2) is 17.1 Å². The molecule has 25 heavy (non-hydrogen) atoms. The SMILES string of the molecule is O=C([O-])c1ccc(C[NH+]2CCn3cccc3[C@H]2c2ccccc2F)o1. The van der Waals surface area contributed by atoms with Crippen LogP contribution in [0.25, 0.3) is 0 Å². The van der Waals surface area contributed by atoms with E-state index in [1.807, 2.05) is 24.4 Å². The van der Waals surface area contributed by atoms with Crippen molar-refractivity contribution in [1.29, 1.82) is 0 Å². The number of fused-ring (bicyclic) bond motifs is 1. The van der Waals surface area contributed by atoms with Crippen molar-refractivity contribution in [3.05, 3.63) is 83.3 Å². The van der Waals surface area contributed by atoms with E-state index >= 15 is 0 Å². The Morgan fingerprint density at radius 3 is 2.84 bits per heavy atom. The van der Waals surface area contributed by atoms with Gasteiger partial charge in [0.25, 0.3) is 0 Å². The number of aromatic carboxylic acids is 1. The van der Waals surface area contributed by atoms with Crippen LogP contribution in [0.15, 0.2) is 59.1 Å². The number of hydrogen-bond donors (Lipinski definition) is 1. The quantitative estimate of drug-likeness (QED) is 0.763. The lowest BCUT2D eigenvalue weighted by molar-refractivity contribution is -0.944. The zero-order valence-electron chi connectivity index (χ0n) is 13.4. The maximum Gasteiger partial charge on any atom is 0.159 e. The first-order valence-electron chi connectivity index (χ1n) is 8.17. The number of carbonyl (C=O) groups excluding carboxylic acids is 1. The summed E-state index contributed by atoms with van der Waals surface area (Å²) in [7, 11) is 0. The largest absolute Gasteiger partial charge is 0.542 e. The summed E-state index contributed by atoms with van der Waals surface area (Å²) in [6.07, 6.45) is 2.00. The summed E-state index contributed by atoms with van der Waals surface area (Å²) < 4.78 is 21.9. The molecule has 0 radical (unpaired) electrons. The Balaban J connectivity index is 1.70. The van der Waals surface area contributed by atoms with Gasteiger partial charge in [-0.15, -0.1) is 0 Å². The van der Waals surface area contributed by atoms with Gasteiger partial charge < -0.3 is 23.8 Å². The first-order valence-corrected chi connectivity index (χ1v) is 8.17. The number of aromatic nitrogens is 1. The zero-order valence-corrected chi connectivity index (χ0v) is 13.4. The normalized spacial score (nSPS) is 19.6. The van der Waals surface area contributed by atoms with E-state index < -0.39 is 5.97 Å². The summed E-state index contributed by atoms with van der Waals surface area (Å²) in [4.78, 5) is 12.0. The minimum Gasteiger partial charge on any atom is -0.542 e. The molecule has 1 N–H and O–H groups in total. The van der Waals surface area contributed by atoms with Crippen LogP contribution in [-0.2, 0) is 13.1 Å². The monoisotopic (exact) mass is 340 g/mol. The van der Waals surface area contributed by atoms with Crippen molar-refractivity contribution >= 4 is 5.97 Å². The summed E-state index contributed by atoms with van der Waals surface area (Å²) in [5, 5.41) is 10.9. The molecular weight excluding hydrogens is 323 g/mol. The molecule has 128 valence electrons. The van der Waals surface area contributed by atoms with Crippen molar-refractivity contribution in [2.75, 3.05) is 6.54 Å². The topological polar surface area (TPSA) is 62.6 Å². The second-order valence-electron chi connectivity index (χ2n) is 6.22. The fourth-order valence-electron chi connectivity index (χ4n) is 3.60. The van der Waals surface area contributed by atoms with Gasteiger partial charge in [-0.25, -0.2) is 4.39 Å². The van der Waals surface area contributed by atoms with Crippen LogP contribution < -0.4 is 10.0 Å². The lowest BCUT2D eigenvalue weighted by Gasteiger charge is -2.33. The predicted octanol–water partition coefficient (Wildman–Crippen LogP) is 0.772. The molecule has 0 bridgehead atoms. The molecule has 1 aromatic carbocycles. The van der Waals surface area contributed by atoms with Gasteiger partial charge in [0.15, 0.2) is 11.8 Å². The van der Waals surface area contributed by atoms with Crippen molar-refractivity contribution in [2.45, 2.75) is 19.1 Å². The molecule has 0 saturated carbocycles. The molecule has 5 nitrogen and oxygen atoms in total. The predicted molar refractivity (Wildman–Crippen MR) is 85.2 cm³/mol. The second kappa shape index (κ2) is 6.22. The number of nitrogens with one attached hydrogen (secondary N) is 1. The lowest BCUT2D eigenvalue weighted by atomic mass is 9.99. The van der Waals surface area contributed by atoms with E-state index in [0.717, 1.165) is 23.7 Å². The van der Waals surface area contributed by atoms with Crippen LogP contribution >= 0.6 is 0 Å². The van der Waals surface area contributed by atoms with Crippen molar-refractivity contribution in [3.63, 3.8) is 0 Å². The van der Waals surface area contributed by atoms with Crippen molar-refractivity contribution in [1.82, 2.24) is 4.57 Å². The van der Waals surface area contributed by atoms with Crippen LogP contribution in [0, 0.1) is 5.82 Å². The number of rotatable bonds is 4. The molecule has 6 heteroatoms. The Kier molecular flexibility index (Phi) is 3.89. The molecule has 2 aromatic heterocycles. The van der Waals surface area contributed by atoms with E-state index in [9.17, 15) is 14.3 Å². The molecule has 0 fully saturated rings. The average Bonchev–Trinajstić information content (AvgIpc) is 3.25. The number of hydrogen-bond acceptors (Lipinski definition) is 3. The maximum absolute atomic E-state index is 14.5. The highest BCUT2D eigenvalue weighted by atomic mass is 19.1. The van der Waals surface area contributed by atoms with Gasteiger partial charge in [0.05, 0.1) is 24.3 Å². The van der Waals surface area contributed by atoms with Crippen LogP contribution in [0.1, 0.15) is 33.6 Å². The summed E-state index contributed by atoms with van der Waals surface area (Å²) in [5.74, 6) is -1.21. The van der Waals surface area contributed by atoms with E-state index in [-0.39, 0.29) is 17.6 Å². The second-order valence-corrected chi connectivity index (χ2v) is 6.22. The number of benzene rings is 1. The maximum atomic E-state index is 14.5. The minimum atomic E-state index is -1.33. The Morgan fingerprint density at radius 1 is 1.24 bits per heavy atom. The van der Waals surface area contributed by atoms with Crippen molar-refractivity contribution in [2.24, 2.45) is 0 Å². The Labute approximate surface area is 143 Å². The van der Waals surface area contributed by atoms with Gasteiger partial charge in [0, 0.05) is 6.20 Å². The molecule has 3 aromatic rings. The van der Waals surface area contributed by atoms with Crippen LogP contribution in [0.4, 0.5) is 4.39 Å². The molecule has 0 spiro atoms. The first kappa shape index (κ1) is 15.7. The van der Waals surface area contributed by atoms with E-state index in [2.05, 4.69) is 4.57 Å². The number of carboxylic acid groups (broad SMARTS) is 1. The molecule has 3 heterocycles. The van der Waals surface area contributed by atoms with E-state index in [1.54, 1.807) is 18.2 Å². The van der Waals surface area contributed by atoms with Crippen LogP contribution in [0.3, 0.4) is 0 Å². The minimum absolute atomic E-state index is 0.179. The van der Waals surface area contributed by atoms with Crippen molar-refractivity contribution in [3.8, 4) is 0 Å². The Hall–Kier alpha value is -2.86. The smallest absolute Gasteiger partial charge is 0.159 e. The Bertz CT molecular complexity index is 915. The summed E-state index contributed by atoms with van der Waals surface area (Å²) in [6.45, 7) is 2.07. The number of carbonyl (C=O) groups is 1. The molecule has 1 aliphatic rings. The number of carboxylic acids is 1. The van der Waals surface area contributed by atoms with E-state index in [0.29, 0.717) is 17.9 Å². The van der Waals surface area contributed by atoms with Crippen molar-refractivity contribution < 1.29 is 23.6 Å². The molecule has 4 rings (SSSR count). The molecular formula is C19H17FN2O3. The van der Waals surface area contributed by atoms with Gasteiger partial charge in [-0.3, -0.25) is 0 Å². The summed E-state index contributed by atoms with van der Waals surface area (Å²) >= 11 is 0. The third-order valence-electron chi connectivity index (χ3n) is 4.72. The van der Waals surface area contributed by atoms with Crippen LogP contribution in [0.2, 0.25) is 0 Å². The highest BCUT2D eigenvalue weighted by Gasteiger charge is 2.34. The third-order valence-corrected chi connectivity index (χ3v) is 4.72. The fraction of sp³-hybridized carbons (Fsp3) is 0.211. The van der Waals surface area contributed by atoms with Crippen LogP contribution in [0.5, 0.6) is 0 Å². The van der Waals surface area contributed by atoms with Gasteiger partial charge in [-0.2, -0.15) is 0 Å². The van der Waals surface area contributed by atoms with Gasteiger partial charge in [-0.05, 0) is 36.4 Å². The number of halogens is 1. The lowest BCUT2D eigenvalue weighted by Crippen LogP contribution is -3.12. The third kappa shape index (κ3) is 2.85. The molecule has 1 unspecified atom stereocenters. The highest BCUT2D eigenvalue weighted by molar-refractivity contribution is 5.82. The average molecular weight is 340 g/mol. The summed E-state index contributed by atoms with van der Waals surface area (Å²) in [5.41, 5.74) is 1.67. The molecule has 0 aliphatic carbocycles.